The van der Waals surface area contributed by atoms with Crippen molar-refractivity contribution in [2.45, 2.75) is 13.0 Å². The summed E-state index contributed by atoms with van der Waals surface area (Å²) in [6.07, 6.45) is 7.74. The molecule has 1 N–H and O–H groups in total. The van der Waals surface area contributed by atoms with Gasteiger partial charge in [-0.2, -0.15) is 5.10 Å². The second-order valence-corrected chi connectivity index (χ2v) is 8.50. The minimum Gasteiger partial charge on any atom is -0.482 e. The molecule has 5 rings (SSSR count). The Bertz CT molecular complexity index is 1530. The van der Waals surface area contributed by atoms with Crippen LogP contribution in [0.15, 0.2) is 65.9 Å². The summed E-state index contributed by atoms with van der Waals surface area (Å²) in [5, 5.41) is 7.71. The zero-order valence-corrected chi connectivity index (χ0v) is 20.2. The van der Waals surface area contributed by atoms with Gasteiger partial charge in [0.05, 0.1) is 27.3 Å². The van der Waals surface area contributed by atoms with Gasteiger partial charge in [0.25, 0.3) is 0 Å². The fourth-order valence-electron chi connectivity index (χ4n) is 3.59. The molecule has 0 aliphatic rings. The lowest BCUT2D eigenvalue weighted by Gasteiger charge is -2.18. The molecule has 3 heterocycles. The Balaban J connectivity index is 1.65. The number of nitrogens with one attached hydrogen (secondary N) is 1. The molecule has 5 aromatic rings. The third-order valence-corrected chi connectivity index (χ3v) is 6.01. The van der Waals surface area contributed by atoms with Gasteiger partial charge in [0, 0.05) is 31.2 Å². The summed E-state index contributed by atoms with van der Waals surface area (Å²) in [5.41, 5.74) is 2.29. The highest BCUT2D eigenvalue weighted by Crippen LogP contribution is 2.38. The van der Waals surface area contributed by atoms with E-state index in [1.807, 2.05) is 32.3 Å². The predicted octanol–water partition coefficient (Wildman–Crippen LogP) is 5.74. The van der Waals surface area contributed by atoms with Crippen molar-refractivity contribution in [3.8, 4) is 16.9 Å². The molecule has 0 aliphatic heterocycles. The lowest BCUT2D eigenvalue weighted by atomic mass is 10.1. The van der Waals surface area contributed by atoms with Crippen LogP contribution >= 0.6 is 15.9 Å². The molecule has 11 heteroatoms. The number of benzene rings is 2. The summed E-state index contributed by atoms with van der Waals surface area (Å²) < 4.78 is 36.2. The second-order valence-electron chi connectivity index (χ2n) is 7.71. The zero-order valence-electron chi connectivity index (χ0n) is 18.6. The molecule has 2 aromatic carbocycles. The molecular formula is C24H18BrF2N7O. The molecule has 8 nitrogen and oxygen atoms in total. The first-order chi connectivity index (χ1) is 16.9. The van der Waals surface area contributed by atoms with Gasteiger partial charge in [-0.15, -0.1) is 0 Å². The van der Waals surface area contributed by atoms with Crippen molar-refractivity contribution in [2.24, 2.45) is 7.05 Å². The van der Waals surface area contributed by atoms with E-state index in [4.69, 9.17) is 4.74 Å². The maximum Gasteiger partial charge on any atom is 0.168 e. The summed E-state index contributed by atoms with van der Waals surface area (Å²) in [4.78, 5) is 17.3. The SMILES string of the molecule is C[C@H](Oc1cc(-c2cnn(C)c2)cc2ncnc(Nc3ccc(F)c(Br)c3F)c12)c1ncccn1. The van der Waals surface area contributed by atoms with Crippen LogP contribution in [0.3, 0.4) is 0 Å². The predicted molar refractivity (Wildman–Crippen MR) is 130 cm³/mol. The highest BCUT2D eigenvalue weighted by molar-refractivity contribution is 9.10. The van der Waals surface area contributed by atoms with Crippen molar-refractivity contribution in [1.82, 2.24) is 29.7 Å². The second kappa shape index (κ2) is 9.34. The maximum atomic E-state index is 14.7. The number of ether oxygens (including phenoxy) is 1. The largest absolute Gasteiger partial charge is 0.482 e. The normalized spacial score (nSPS) is 12.0. The lowest BCUT2D eigenvalue weighted by Crippen LogP contribution is -2.08. The minimum atomic E-state index is -0.780. The fraction of sp³-hybridized carbons (Fsp3) is 0.125. The molecule has 0 aliphatic carbocycles. The molecule has 0 spiro atoms. The molecule has 176 valence electrons. The number of nitrogens with zero attached hydrogens (tertiary/aromatic N) is 6. The Morgan fingerprint density at radius 2 is 1.86 bits per heavy atom. The third kappa shape index (κ3) is 4.54. The molecule has 0 unspecified atom stereocenters. The Morgan fingerprint density at radius 3 is 2.60 bits per heavy atom. The number of hydrogen-bond donors (Lipinski definition) is 1. The molecule has 35 heavy (non-hydrogen) atoms. The molecule has 1 atom stereocenters. The van der Waals surface area contributed by atoms with Crippen LogP contribution in [0, 0.1) is 11.6 Å². The van der Waals surface area contributed by atoms with E-state index < -0.39 is 17.7 Å². The number of aryl methyl sites for hydroxylation is 1. The summed E-state index contributed by atoms with van der Waals surface area (Å²) in [7, 11) is 1.83. The van der Waals surface area contributed by atoms with Crippen molar-refractivity contribution in [3.05, 3.63) is 83.4 Å². The van der Waals surface area contributed by atoms with Crippen molar-refractivity contribution >= 4 is 38.3 Å². The average molecular weight is 538 g/mol. The standard InChI is InChI=1S/C24H18BrF2N7O/c1-13(23-28-6-3-7-29-23)35-19-9-14(15-10-32-34(2)11-15)8-18-20(19)24(31-12-30-18)33-17-5-4-16(26)21(25)22(17)27/h3-13H,1-2H3,(H,30,31,33)/t13-/m0/s1. The van der Waals surface area contributed by atoms with Crippen LogP contribution in [0.2, 0.25) is 0 Å². The topological polar surface area (TPSA) is 90.6 Å². The van der Waals surface area contributed by atoms with Crippen molar-refractivity contribution in [1.29, 1.82) is 0 Å². The molecular weight excluding hydrogens is 520 g/mol. The number of anilines is 2. The van der Waals surface area contributed by atoms with Crippen LogP contribution in [0.4, 0.5) is 20.3 Å². The summed E-state index contributed by atoms with van der Waals surface area (Å²) in [6, 6.07) is 7.89. The van der Waals surface area contributed by atoms with Gasteiger partial charge < -0.3 is 10.1 Å². The number of aromatic nitrogens is 6. The van der Waals surface area contributed by atoms with Crippen LogP contribution in [-0.4, -0.2) is 29.7 Å². The Hall–Kier alpha value is -3.99. The first kappa shape index (κ1) is 22.8. The first-order valence-electron chi connectivity index (χ1n) is 10.5. The van der Waals surface area contributed by atoms with Crippen LogP contribution in [0.25, 0.3) is 22.0 Å². The van der Waals surface area contributed by atoms with E-state index in [0.717, 1.165) is 17.2 Å². The smallest absolute Gasteiger partial charge is 0.168 e. The molecule has 0 fully saturated rings. The van der Waals surface area contributed by atoms with Gasteiger partial charge in [-0.05, 0) is 58.7 Å². The van der Waals surface area contributed by atoms with Crippen LogP contribution in [0.1, 0.15) is 18.9 Å². The van der Waals surface area contributed by atoms with Crippen LogP contribution in [-0.2, 0) is 7.05 Å². The van der Waals surface area contributed by atoms with E-state index >= 15 is 0 Å². The first-order valence-corrected chi connectivity index (χ1v) is 11.3. The fourth-order valence-corrected chi connectivity index (χ4v) is 3.94. The van der Waals surface area contributed by atoms with E-state index in [-0.39, 0.29) is 10.2 Å². The third-order valence-electron chi connectivity index (χ3n) is 5.28. The van der Waals surface area contributed by atoms with E-state index in [9.17, 15) is 8.78 Å². The van der Waals surface area contributed by atoms with E-state index in [1.165, 1.54) is 12.4 Å². The van der Waals surface area contributed by atoms with Crippen molar-refractivity contribution in [2.75, 3.05) is 5.32 Å². The Labute approximate surface area is 207 Å². The van der Waals surface area contributed by atoms with Gasteiger partial charge in [-0.3, -0.25) is 4.68 Å². The minimum absolute atomic E-state index is 0.0417. The zero-order chi connectivity index (χ0) is 24.5. The van der Waals surface area contributed by atoms with Crippen molar-refractivity contribution in [3.63, 3.8) is 0 Å². The maximum absolute atomic E-state index is 14.7. The van der Waals surface area contributed by atoms with Gasteiger partial charge in [-0.1, -0.05) is 0 Å². The average Bonchev–Trinajstić information content (AvgIpc) is 3.31. The number of hydrogen-bond acceptors (Lipinski definition) is 7. The molecule has 0 saturated heterocycles. The summed E-state index contributed by atoms with van der Waals surface area (Å²) in [6.45, 7) is 1.82. The van der Waals surface area contributed by atoms with Gasteiger partial charge in [0.2, 0.25) is 0 Å². The highest BCUT2D eigenvalue weighted by Gasteiger charge is 2.19. The monoisotopic (exact) mass is 537 g/mol. The number of rotatable bonds is 6. The lowest BCUT2D eigenvalue weighted by molar-refractivity contribution is 0.219. The number of halogens is 3. The summed E-state index contributed by atoms with van der Waals surface area (Å²) in [5.74, 6) is -0.265. The van der Waals surface area contributed by atoms with Crippen LogP contribution < -0.4 is 10.1 Å². The Kier molecular flexibility index (Phi) is 6.08. The molecule has 0 radical (unpaired) electrons. The quantitative estimate of drug-likeness (QED) is 0.276. The molecule has 0 amide bonds. The van der Waals surface area contributed by atoms with E-state index in [1.54, 1.807) is 29.3 Å². The molecule has 0 saturated carbocycles. The highest BCUT2D eigenvalue weighted by atomic mass is 79.9. The summed E-state index contributed by atoms with van der Waals surface area (Å²) >= 11 is 2.93. The molecule has 3 aromatic heterocycles. The number of fused-ring (bicyclic) bond motifs is 1. The van der Waals surface area contributed by atoms with Crippen molar-refractivity contribution < 1.29 is 13.5 Å². The van der Waals surface area contributed by atoms with E-state index in [0.29, 0.717) is 28.3 Å². The van der Waals surface area contributed by atoms with E-state index in [2.05, 4.69) is 46.3 Å². The van der Waals surface area contributed by atoms with Gasteiger partial charge >= 0.3 is 0 Å². The van der Waals surface area contributed by atoms with Gasteiger partial charge in [0.15, 0.2) is 17.7 Å². The van der Waals surface area contributed by atoms with Crippen LogP contribution in [0.5, 0.6) is 5.75 Å². The van der Waals surface area contributed by atoms with Gasteiger partial charge in [-0.25, -0.2) is 28.7 Å². The molecule has 0 bridgehead atoms. The van der Waals surface area contributed by atoms with Gasteiger partial charge in [0.1, 0.15) is 23.7 Å². The Morgan fingerprint density at radius 1 is 1.06 bits per heavy atom.